The largest absolute Gasteiger partial charge is 0.416 e. The van der Waals surface area contributed by atoms with E-state index in [9.17, 15) is 13.2 Å². The van der Waals surface area contributed by atoms with Crippen LogP contribution in [0.2, 0.25) is 0 Å². The molecule has 0 fully saturated rings. The lowest BCUT2D eigenvalue weighted by Gasteiger charge is -2.18. The molecule has 2 rings (SSSR count). The lowest BCUT2D eigenvalue weighted by Crippen LogP contribution is -2.10. The second kappa shape index (κ2) is 5.67. The number of halogens is 5. The summed E-state index contributed by atoms with van der Waals surface area (Å²) in [6.07, 6.45) is -4.38. The van der Waals surface area contributed by atoms with E-state index >= 15 is 0 Å². The molecule has 2 aromatic rings. The highest BCUT2D eigenvalue weighted by atomic mass is 79.9. The Bertz CT molecular complexity index is 565. The topological polar surface area (TPSA) is 0 Å². The minimum atomic E-state index is -4.38. The minimum Gasteiger partial charge on any atom is -0.166 e. The molecule has 0 bridgehead atoms. The van der Waals surface area contributed by atoms with Crippen LogP contribution in [0, 0.1) is 0 Å². The molecular weight excluding hydrogens is 385 g/mol. The normalized spacial score (nSPS) is 13.3. The lowest BCUT2D eigenvalue weighted by atomic mass is 9.99. The monoisotopic (exact) mass is 392 g/mol. The molecular formula is C14H9Br2F3. The van der Waals surface area contributed by atoms with Gasteiger partial charge in [0.25, 0.3) is 0 Å². The zero-order valence-electron chi connectivity index (χ0n) is 9.59. The van der Waals surface area contributed by atoms with E-state index in [0.29, 0.717) is 4.47 Å². The molecule has 0 aliphatic rings. The fraction of sp³-hybridized carbons (Fsp3) is 0.143. The number of rotatable bonds is 2. The predicted molar refractivity (Wildman–Crippen MR) is 76.4 cm³/mol. The third kappa shape index (κ3) is 3.39. The first-order valence-corrected chi connectivity index (χ1v) is 7.16. The van der Waals surface area contributed by atoms with Gasteiger partial charge in [-0.1, -0.05) is 68.3 Å². The van der Waals surface area contributed by atoms with Crippen LogP contribution in [-0.2, 0) is 6.18 Å². The molecule has 2 aromatic carbocycles. The summed E-state index contributed by atoms with van der Waals surface area (Å²) < 4.78 is 39.6. The molecule has 19 heavy (non-hydrogen) atoms. The summed E-state index contributed by atoms with van der Waals surface area (Å²) in [5.74, 6) is 0. The SMILES string of the molecule is FC(F)(F)c1cc(Br)ccc1C(Br)c1ccccc1. The quantitative estimate of drug-likeness (QED) is 0.553. The molecule has 0 saturated heterocycles. The third-order valence-electron chi connectivity index (χ3n) is 2.69. The van der Waals surface area contributed by atoms with Gasteiger partial charge in [-0.3, -0.25) is 0 Å². The number of hydrogen-bond donors (Lipinski definition) is 0. The second-order valence-electron chi connectivity index (χ2n) is 4.00. The zero-order chi connectivity index (χ0) is 14.0. The summed E-state index contributed by atoms with van der Waals surface area (Å²) in [5.41, 5.74) is 0.366. The molecule has 0 saturated carbocycles. The van der Waals surface area contributed by atoms with E-state index in [2.05, 4.69) is 31.9 Å². The van der Waals surface area contributed by atoms with Crippen LogP contribution in [-0.4, -0.2) is 0 Å². The van der Waals surface area contributed by atoms with Gasteiger partial charge in [0.2, 0.25) is 0 Å². The molecule has 0 radical (unpaired) electrons. The van der Waals surface area contributed by atoms with Crippen LogP contribution < -0.4 is 0 Å². The Morgan fingerprint density at radius 2 is 1.58 bits per heavy atom. The van der Waals surface area contributed by atoms with Gasteiger partial charge in [-0.2, -0.15) is 13.2 Å². The van der Waals surface area contributed by atoms with E-state index < -0.39 is 16.6 Å². The molecule has 0 aliphatic heterocycles. The van der Waals surface area contributed by atoms with Crippen LogP contribution in [0.4, 0.5) is 13.2 Å². The predicted octanol–water partition coefficient (Wildman–Crippen LogP) is 5.95. The van der Waals surface area contributed by atoms with Gasteiger partial charge in [-0.15, -0.1) is 0 Å². The summed E-state index contributed by atoms with van der Waals surface area (Å²) >= 11 is 6.43. The first kappa shape index (κ1) is 14.6. The first-order chi connectivity index (χ1) is 8.89. The summed E-state index contributed by atoms with van der Waals surface area (Å²) in [6.45, 7) is 0. The van der Waals surface area contributed by atoms with Crippen molar-refractivity contribution in [3.8, 4) is 0 Å². The van der Waals surface area contributed by atoms with Crippen LogP contribution in [0.3, 0.4) is 0 Å². The van der Waals surface area contributed by atoms with Crippen molar-refractivity contribution in [2.24, 2.45) is 0 Å². The zero-order valence-corrected chi connectivity index (χ0v) is 12.8. The molecule has 0 amide bonds. The summed E-state index contributed by atoms with van der Waals surface area (Å²) in [6, 6.07) is 13.2. The van der Waals surface area contributed by atoms with Gasteiger partial charge in [0.05, 0.1) is 10.4 Å². The van der Waals surface area contributed by atoms with Gasteiger partial charge >= 0.3 is 6.18 Å². The van der Waals surface area contributed by atoms with Crippen molar-refractivity contribution < 1.29 is 13.2 Å². The van der Waals surface area contributed by atoms with Crippen molar-refractivity contribution >= 4 is 31.9 Å². The average Bonchev–Trinajstić information content (AvgIpc) is 2.38. The van der Waals surface area contributed by atoms with Crippen LogP contribution in [0.5, 0.6) is 0 Å². The Labute approximate surface area is 125 Å². The molecule has 1 atom stereocenters. The summed E-state index contributed by atoms with van der Waals surface area (Å²) in [4.78, 5) is -0.488. The van der Waals surface area contributed by atoms with E-state index in [1.165, 1.54) is 6.07 Å². The molecule has 0 N–H and O–H groups in total. The molecule has 0 heterocycles. The van der Waals surface area contributed by atoms with Crippen LogP contribution in [0.1, 0.15) is 21.5 Å². The van der Waals surface area contributed by atoms with Crippen molar-refractivity contribution in [1.29, 1.82) is 0 Å². The number of benzene rings is 2. The fourth-order valence-corrected chi connectivity index (χ4v) is 2.86. The molecule has 0 aromatic heterocycles. The van der Waals surface area contributed by atoms with Gasteiger partial charge in [0, 0.05) is 4.47 Å². The number of hydrogen-bond acceptors (Lipinski definition) is 0. The van der Waals surface area contributed by atoms with E-state index in [-0.39, 0.29) is 5.56 Å². The minimum absolute atomic E-state index is 0.210. The Hall–Kier alpha value is -0.810. The van der Waals surface area contributed by atoms with Crippen molar-refractivity contribution in [3.05, 3.63) is 69.7 Å². The molecule has 0 aliphatic carbocycles. The maximum atomic E-state index is 13.1. The van der Waals surface area contributed by atoms with Crippen LogP contribution in [0.25, 0.3) is 0 Å². The van der Waals surface area contributed by atoms with Gasteiger partial charge in [0.15, 0.2) is 0 Å². The van der Waals surface area contributed by atoms with Crippen molar-refractivity contribution in [2.75, 3.05) is 0 Å². The Balaban J connectivity index is 2.51. The second-order valence-corrected chi connectivity index (χ2v) is 5.83. The van der Waals surface area contributed by atoms with E-state index in [1.807, 2.05) is 6.07 Å². The van der Waals surface area contributed by atoms with Crippen LogP contribution in [0.15, 0.2) is 53.0 Å². The maximum absolute atomic E-state index is 13.1. The van der Waals surface area contributed by atoms with E-state index in [1.54, 1.807) is 30.3 Å². The van der Waals surface area contributed by atoms with Gasteiger partial charge in [0.1, 0.15) is 0 Å². The van der Waals surface area contributed by atoms with Gasteiger partial charge in [-0.05, 0) is 23.3 Å². The summed E-state index contributed by atoms with van der Waals surface area (Å²) in [5, 5.41) is 0. The Morgan fingerprint density at radius 1 is 0.947 bits per heavy atom. The van der Waals surface area contributed by atoms with Crippen molar-refractivity contribution in [3.63, 3.8) is 0 Å². The number of alkyl halides is 4. The molecule has 0 spiro atoms. The highest BCUT2D eigenvalue weighted by Crippen LogP contribution is 2.41. The van der Waals surface area contributed by atoms with Gasteiger partial charge in [-0.25, -0.2) is 0 Å². The van der Waals surface area contributed by atoms with Gasteiger partial charge < -0.3 is 0 Å². The average molecular weight is 394 g/mol. The van der Waals surface area contributed by atoms with Crippen molar-refractivity contribution in [1.82, 2.24) is 0 Å². The van der Waals surface area contributed by atoms with E-state index in [4.69, 9.17) is 0 Å². The van der Waals surface area contributed by atoms with E-state index in [0.717, 1.165) is 11.6 Å². The van der Waals surface area contributed by atoms with Crippen molar-refractivity contribution in [2.45, 2.75) is 11.0 Å². The third-order valence-corrected chi connectivity index (χ3v) is 4.20. The van der Waals surface area contributed by atoms with Crippen LogP contribution >= 0.6 is 31.9 Å². The highest BCUT2D eigenvalue weighted by Gasteiger charge is 2.35. The molecule has 5 heteroatoms. The summed E-state index contributed by atoms with van der Waals surface area (Å²) in [7, 11) is 0. The maximum Gasteiger partial charge on any atom is 0.416 e. The fourth-order valence-electron chi connectivity index (χ4n) is 1.80. The Kier molecular flexibility index (Phi) is 4.36. The first-order valence-electron chi connectivity index (χ1n) is 5.45. The molecule has 1 unspecified atom stereocenters. The molecule has 100 valence electrons. The Morgan fingerprint density at radius 3 is 2.16 bits per heavy atom. The molecule has 0 nitrogen and oxygen atoms in total. The lowest BCUT2D eigenvalue weighted by molar-refractivity contribution is -0.138. The highest BCUT2D eigenvalue weighted by molar-refractivity contribution is 9.10. The standard InChI is InChI=1S/C14H9Br2F3/c15-10-6-7-11(12(8-10)14(17,18)19)13(16)9-4-2-1-3-5-9/h1-8,13H. The smallest absolute Gasteiger partial charge is 0.166 e.